The van der Waals surface area contributed by atoms with Crippen LogP contribution in [0.1, 0.15) is 26.7 Å². The Kier molecular flexibility index (Phi) is 5.85. The molecule has 0 amide bonds. The van der Waals surface area contributed by atoms with Crippen molar-refractivity contribution < 1.29 is 13.3 Å². The zero-order valence-corrected chi connectivity index (χ0v) is 14.2. The second-order valence-corrected chi connectivity index (χ2v) is 7.41. The van der Waals surface area contributed by atoms with Gasteiger partial charge >= 0.3 is 0 Å². The number of rotatable bonds is 7. The van der Waals surface area contributed by atoms with Gasteiger partial charge in [0.1, 0.15) is 0 Å². The molecule has 0 fully saturated rings. The second kappa shape index (κ2) is 6.82. The molecule has 0 aliphatic rings. The summed E-state index contributed by atoms with van der Waals surface area (Å²) in [6.45, 7) is 3.75. The van der Waals surface area contributed by atoms with Crippen LogP contribution in [-0.4, -0.2) is 25.4 Å². The lowest BCUT2D eigenvalue weighted by molar-refractivity contribution is -0.387. The molecule has 1 aromatic carbocycles. The molecule has 3 N–H and O–H groups in total. The molecule has 0 saturated carbocycles. The molecule has 1 rings (SSSR count). The van der Waals surface area contributed by atoms with Crippen LogP contribution in [0.4, 0.5) is 5.69 Å². The number of hydrogen-bond acceptors (Lipinski definition) is 5. The van der Waals surface area contributed by atoms with Gasteiger partial charge in [-0.05, 0) is 25.0 Å². The summed E-state index contributed by atoms with van der Waals surface area (Å²) in [6.07, 6.45) is 1.18. The smallest absolute Gasteiger partial charge is 0.290 e. The van der Waals surface area contributed by atoms with Crippen LogP contribution in [0.15, 0.2) is 27.6 Å². The normalized spacial score (nSPS) is 12.4. The molecule has 0 spiro atoms. The van der Waals surface area contributed by atoms with Crippen LogP contribution < -0.4 is 10.5 Å². The number of nitrogens with zero attached hydrogens (tertiary/aromatic N) is 1. The standard InChI is InChI=1S/C12H18BrN3O4S/c1-3-12(14,4-2)8-15-21(19,20)11-6-5-9(13)7-10(11)16(17)18/h5-7,15H,3-4,8,14H2,1-2H3. The molecule has 0 unspecified atom stereocenters. The molecule has 21 heavy (non-hydrogen) atoms. The van der Waals surface area contributed by atoms with Gasteiger partial charge in [0.2, 0.25) is 10.0 Å². The lowest BCUT2D eigenvalue weighted by Crippen LogP contribution is -2.49. The number of nitro groups is 1. The van der Waals surface area contributed by atoms with Crippen LogP contribution in [0.2, 0.25) is 0 Å². The minimum Gasteiger partial charge on any atom is -0.324 e. The van der Waals surface area contributed by atoms with Gasteiger partial charge in [0.25, 0.3) is 5.69 Å². The van der Waals surface area contributed by atoms with Crippen molar-refractivity contribution in [3.05, 3.63) is 32.8 Å². The summed E-state index contributed by atoms with van der Waals surface area (Å²) in [5.41, 5.74) is 4.89. The highest BCUT2D eigenvalue weighted by molar-refractivity contribution is 9.10. The SMILES string of the molecule is CCC(N)(CC)CNS(=O)(=O)c1ccc(Br)cc1[N+](=O)[O-]. The average Bonchev–Trinajstić information content (AvgIpc) is 2.44. The first-order valence-electron chi connectivity index (χ1n) is 6.37. The highest BCUT2D eigenvalue weighted by atomic mass is 79.9. The minimum atomic E-state index is -4.00. The molecule has 0 atom stereocenters. The number of benzene rings is 1. The Balaban J connectivity index is 3.12. The van der Waals surface area contributed by atoms with E-state index in [9.17, 15) is 18.5 Å². The summed E-state index contributed by atoms with van der Waals surface area (Å²) in [5.74, 6) is 0. The number of nitrogens with one attached hydrogen (secondary N) is 1. The van der Waals surface area contributed by atoms with Crippen LogP contribution in [-0.2, 0) is 10.0 Å². The van der Waals surface area contributed by atoms with Gasteiger partial charge < -0.3 is 5.73 Å². The van der Waals surface area contributed by atoms with E-state index in [-0.39, 0.29) is 11.4 Å². The third-order valence-corrected chi connectivity index (χ3v) is 5.37. The van der Waals surface area contributed by atoms with Crippen molar-refractivity contribution in [2.75, 3.05) is 6.54 Å². The van der Waals surface area contributed by atoms with Gasteiger partial charge in [-0.25, -0.2) is 13.1 Å². The molecule has 118 valence electrons. The molecule has 9 heteroatoms. The van der Waals surface area contributed by atoms with Crippen LogP contribution in [0.25, 0.3) is 0 Å². The van der Waals surface area contributed by atoms with E-state index in [2.05, 4.69) is 20.7 Å². The van der Waals surface area contributed by atoms with Gasteiger partial charge in [-0.15, -0.1) is 0 Å². The summed E-state index contributed by atoms with van der Waals surface area (Å²) >= 11 is 3.08. The number of sulfonamides is 1. The van der Waals surface area contributed by atoms with E-state index >= 15 is 0 Å². The van der Waals surface area contributed by atoms with Crippen LogP contribution in [0, 0.1) is 10.1 Å². The fourth-order valence-electron chi connectivity index (χ4n) is 1.68. The Morgan fingerprint density at radius 1 is 1.38 bits per heavy atom. The third-order valence-electron chi connectivity index (χ3n) is 3.43. The van der Waals surface area contributed by atoms with E-state index < -0.39 is 26.2 Å². The Labute approximate surface area is 132 Å². The molecule has 0 aromatic heterocycles. The van der Waals surface area contributed by atoms with E-state index in [0.717, 1.165) is 6.07 Å². The first kappa shape index (κ1) is 18.0. The van der Waals surface area contributed by atoms with Crippen LogP contribution in [0.5, 0.6) is 0 Å². The highest BCUT2D eigenvalue weighted by Gasteiger charge is 2.29. The molecule has 0 aliphatic heterocycles. The van der Waals surface area contributed by atoms with E-state index in [1.807, 2.05) is 13.8 Å². The third kappa shape index (κ3) is 4.47. The molecular weight excluding hydrogens is 362 g/mol. The molecule has 0 heterocycles. The first-order valence-corrected chi connectivity index (χ1v) is 8.65. The highest BCUT2D eigenvalue weighted by Crippen LogP contribution is 2.27. The van der Waals surface area contributed by atoms with Gasteiger partial charge in [-0.2, -0.15) is 0 Å². The number of halogens is 1. The maximum atomic E-state index is 12.3. The Hall–Kier alpha value is -1.03. The Bertz CT molecular complexity index is 629. The van der Waals surface area contributed by atoms with Crippen molar-refractivity contribution in [3.8, 4) is 0 Å². The molecule has 0 aliphatic carbocycles. The van der Waals surface area contributed by atoms with Crippen LogP contribution in [0.3, 0.4) is 0 Å². The van der Waals surface area contributed by atoms with E-state index in [4.69, 9.17) is 5.73 Å². The van der Waals surface area contributed by atoms with E-state index in [0.29, 0.717) is 17.3 Å². The van der Waals surface area contributed by atoms with E-state index in [1.165, 1.54) is 12.1 Å². The largest absolute Gasteiger partial charge is 0.324 e. The van der Waals surface area contributed by atoms with Crippen molar-refractivity contribution in [2.24, 2.45) is 5.73 Å². The van der Waals surface area contributed by atoms with Crippen LogP contribution >= 0.6 is 15.9 Å². The van der Waals surface area contributed by atoms with Gasteiger partial charge in [0, 0.05) is 22.6 Å². The van der Waals surface area contributed by atoms with Crippen molar-refractivity contribution >= 4 is 31.6 Å². The maximum Gasteiger partial charge on any atom is 0.290 e. The summed E-state index contributed by atoms with van der Waals surface area (Å²) < 4.78 is 27.3. The second-order valence-electron chi connectivity index (χ2n) is 4.76. The topological polar surface area (TPSA) is 115 Å². The Morgan fingerprint density at radius 2 is 1.95 bits per heavy atom. The lowest BCUT2D eigenvalue weighted by atomic mass is 9.95. The molecular formula is C12H18BrN3O4S. The van der Waals surface area contributed by atoms with Gasteiger partial charge in [0.05, 0.1) is 4.92 Å². The monoisotopic (exact) mass is 379 g/mol. The first-order chi connectivity index (χ1) is 9.65. The van der Waals surface area contributed by atoms with Gasteiger partial charge in [-0.1, -0.05) is 29.8 Å². The Morgan fingerprint density at radius 3 is 2.43 bits per heavy atom. The van der Waals surface area contributed by atoms with Crippen molar-refractivity contribution in [3.63, 3.8) is 0 Å². The van der Waals surface area contributed by atoms with Crippen molar-refractivity contribution in [2.45, 2.75) is 37.1 Å². The fourth-order valence-corrected chi connectivity index (χ4v) is 3.31. The average molecular weight is 380 g/mol. The summed E-state index contributed by atoms with van der Waals surface area (Å²) in [4.78, 5) is 9.90. The van der Waals surface area contributed by atoms with E-state index in [1.54, 1.807) is 0 Å². The minimum absolute atomic E-state index is 0.0234. The molecule has 7 nitrogen and oxygen atoms in total. The number of nitro benzene ring substituents is 1. The number of nitrogens with two attached hydrogens (primary N) is 1. The van der Waals surface area contributed by atoms with Gasteiger partial charge in [-0.3, -0.25) is 10.1 Å². The fraction of sp³-hybridized carbons (Fsp3) is 0.500. The van der Waals surface area contributed by atoms with Crippen molar-refractivity contribution in [1.29, 1.82) is 0 Å². The predicted octanol–water partition coefficient (Wildman–Crippen LogP) is 2.15. The zero-order chi connectivity index (χ0) is 16.3. The van der Waals surface area contributed by atoms with Crippen molar-refractivity contribution in [1.82, 2.24) is 4.72 Å². The molecule has 0 radical (unpaired) electrons. The maximum absolute atomic E-state index is 12.3. The summed E-state index contributed by atoms with van der Waals surface area (Å²) in [5, 5.41) is 11.0. The summed E-state index contributed by atoms with van der Waals surface area (Å²) in [7, 11) is -4.00. The predicted molar refractivity (Wildman–Crippen MR) is 83.5 cm³/mol. The number of hydrogen-bond donors (Lipinski definition) is 2. The molecule has 0 saturated heterocycles. The van der Waals surface area contributed by atoms with Gasteiger partial charge in [0.15, 0.2) is 4.90 Å². The summed E-state index contributed by atoms with van der Waals surface area (Å²) in [6, 6.07) is 3.79. The molecule has 1 aromatic rings. The molecule has 0 bridgehead atoms. The quantitative estimate of drug-likeness (QED) is 0.556. The lowest BCUT2D eigenvalue weighted by Gasteiger charge is -2.26. The zero-order valence-electron chi connectivity index (χ0n) is 11.8.